The first-order chi connectivity index (χ1) is 10.3. The van der Waals surface area contributed by atoms with Crippen LogP contribution in [0, 0.1) is 17.5 Å². The number of hydrogen-bond acceptors (Lipinski definition) is 4. The van der Waals surface area contributed by atoms with Crippen LogP contribution in [-0.2, 0) is 10.0 Å². The number of nitrogens with zero attached hydrogens (tertiary/aromatic N) is 1. The molecule has 0 aliphatic heterocycles. The van der Waals surface area contributed by atoms with E-state index in [9.17, 15) is 21.6 Å². The van der Waals surface area contributed by atoms with Gasteiger partial charge in [-0.25, -0.2) is 26.6 Å². The molecule has 3 rings (SSSR count). The van der Waals surface area contributed by atoms with Crippen molar-refractivity contribution in [1.29, 1.82) is 0 Å². The Morgan fingerprint density at radius 2 is 1.68 bits per heavy atom. The van der Waals surface area contributed by atoms with Crippen LogP contribution in [0.25, 0.3) is 10.2 Å². The van der Waals surface area contributed by atoms with E-state index in [0.29, 0.717) is 6.07 Å². The first-order valence-corrected chi connectivity index (χ1v) is 8.19. The highest BCUT2D eigenvalue weighted by atomic mass is 32.2. The summed E-state index contributed by atoms with van der Waals surface area (Å²) in [6, 6.07) is 5.91. The van der Waals surface area contributed by atoms with Gasteiger partial charge in [-0.2, -0.15) is 0 Å². The van der Waals surface area contributed by atoms with Crippen molar-refractivity contribution in [3.05, 3.63) is 53.8 Å². The summed E-state index contributed by atoms with van der Waals surface area (Å²) in [5.74, 6) is -2.23. The molecule has 0 unspecified atom stereocenters. The topological polar surface area (TPSA) is 59.1 Å². The zero-order valence-corrected chi connectivity index (χ0v) is 12.3. The van der Waals surface area contributed by atoms with Crippen molar-refractivity contribution >= 4 is 36.7 Å². The predicted octanol–water partition coefficient (Wildman–Crippen LogP) is 3.51. The van der Waals surface area contributed by atoms with Gasteiger partial charge in [0, 0.05) is 6.07 Å². The van der Waals surface area contributed by atoms with E-state index in [4.69, 9.17) is 0 Å². The second-order valence-corrected chi connectivity index (χ2v) is 7.03. The molecule has 1 N–H and O–H groups in total. The Morgan fingerprint density at radius 3 is 2.36 bits per heavy atom. The summed E-state index contributed by atoms with van der Waals surface area (Å²) in [6.45, 7) is 0. The van der Waals surface area contributed by atoms with Gasteiger partial charge in [0.1, 0.15) is 17.2 Å². The monoisotopic (exact) mass is 344 g/mol. The third kappa shape index (κ3) is 2.77. The van der Waals surface area contributed by atoms with E-state index in [-0.39, 0.29) is 20.2 Å². The van der Waals surface area contributed by atoms with Crippen LogP contribution in [0.15, 0.2) is 41.3 Å². The molecular formula is C13H7F3N2O2S2. The van der Waals surface area contributed by atoms with E-state index in [1.807, 2.05) is 0 Å². The first-order valence-electron chi connectivity index (χ1n) is 5.89. The van der Waals surface area contributed by atoms with Crippen LogP contribution >= 0.6 is 11.3 Å². The first kappa shape index (κ1) is 14.8. The van der Waals surface area contributed by atoms with Crippen molar-refractivity contribution < 1.29 is 21.6 Å². The zero-order chi connectivity index (χ0) is 15.9. The van der Waals surface area contributed by atoms with E-state index in [0.717, 1.165) is 41.7 Å². The molecule has 3 aromatic rings. The van der Waals surface area contributed by atoms with Gasteiger partial charge in [-0.05, 0) is 30.3 Å². The van der Waals surface area contributed by atoms with Crippen LogP contribution in [0.4, 0.5) is 18.3 Å². The lowest BCUT2D eigenvalue weighted by atomic mass is 10.3. The molecule has 0 saturated heterocycles. The van der Waals surface area contributed by atoms with Gasteiger partial charge in [0.05, 0.1) is 9.60 Å². The van der Waals surface area contributed by atoms with Crippen LogP contribution in [0.3, 0.4) is 0 Å². The normalized spacial score (nSPS) is 11.8. The number of nitrogens with one attached hydrogen (secondary N) is 1. The van der Waals surface area contributed by atoms with Crippen LogP contribution in [0.1, 0.15) is 0 Å². The second kappa shape index (κ2) is 5.25. The maximum absolute atomic E-state index is 13.5. The van der Waals surface area contributed by atoms with Crippen LogP contribution in [-0.4, -0.2) is 13.4 Å². The highest BCUT2D eigenvalue weighted by Crippen LogP contribution is 2.30. The number of halogens is 3. The third-order valence-corrected chi connectivity index (χ3v) is 5.16. The average molecular weight is 344 g/mol. The molecule has 1 aromatic heterocycles. The van der Waals surface area contributed by atoms with E-state index in [1.165, 1.54) is 0 Å². The molecule has 1 heterocycles. The highest BCUT2D eigenvalue weighted by molar-refractivity contribution is 7.93. The molecule has 0 amide bonds. The third-order valence-electron chi connectivity index (χ3n) is 2.76. The van der Waals surface area contributed by atoms with Crippen LogP contribution in [0.5, 0.6) is 0 Å². The molecule has 4 nitrogen and oxygen atoms in total. The van der Waals surface area contributed by atoms with Gasteiger partial charge in [0.15, 0.2) is 10.9 Å². The minimum absolute atomic E-state index is 0.108. The standard InChI is InChI=1S/C13H7F3N2O2S2/c14-7-1-3-9(4-2-7)22(19,20)18-13-17-12-10(16)5-8(15)6-11(12)21-13/h1-6H,(H,17,18). The number of benzene rings is 2. The largest absolute Gasteiger partial charge is 0.263 e. The Bertz CT molecular complexity index is 953. The minimum Gasteiger partial charge on any atom is -0.255 e. The fourth-order valence-corrected chi connectivity index (χ4v) is 3.93. The summed E-state index contributed by atoms with van der Waals surface area (Å²) >= 11 is 0.795. The van der Waals surface area contributed by atoms with E-state index in [2.05, 4.69) is 9.71 Å². The fourth-order valence-electron chi connectivity index (χ4n) is 1.79. The van der Waals surface area contributed by atoms with Crippen molar-refractivity contribution in [3.63, 3.8) is 0 Å². The van der Waals surface area contributed by atoms with Crippen molar-refractivity contribution in [2.45, 2.75) is 4.90 Å². The number of rotatable bonds is 3. The van der Waals surface area contributed by atoms with E-state index in [1.54, 1.807) is 0 Å². The molecule has 0 spiro atoms. The maximum Gasteiger partial charge on any atom is 0.263 e. The van der Waals surface area contributed by atoms with Gasteiger partial charge in [-0.15, -0.1) is 0 Å². The summed E-state index contributed by atoms with van der Waals surface area (Å²) in [4.78, 5) is 3.63. The molecule has 2 aromatic carbocycles. The summed E-state index contributed by atoms with van der Waals surface area (Å²) in [7, 11) is -3.99. The minimum atomic E-state index is -3.99. The lowest BCUT2D eigenvalue weighted by molar-refractivity contribution is 0.590. The molecule has 9 heteroatoms. The van der Waals surface area contributed by atoms with Gasteiger partial charge in [-0.1, -0.05) is 11.3 Å². The number of aromatic nitrogens is 1. The Kier molecular flexibility index (Phi) is 3.53. The Balaban J connectivity index is 1.98. The Labute approximate surface area is 127 Å². The number of fused-ring (bicyclic) bond motifs is 1. The highest BCUT2D eigenvalue weighted by Gasteiger charge is 2.18. The predicted molar refractivity (Wildman–Crippen MR) is 76.7 cm³/mol. The number of hydrogen-bond donors (Lipinski definition) is 1. The second-order valence-electron chi connectivity index (χ2n) is 4.31. The van der Waals surface area contributed by atoms with Crippen LogP contribution in [0.2, 0.25) is 0 Å². The fraction of sp³-hybridized carbons (Fsp3) is 0. The lowest BCUT2D eigenvalue weighted by Crippen LogP contribution is -2.12. The molecule has 114 valence electrons. The van der Waals surface area contributed by atoms with Crippen molar-refractivity contribution in [3.8, 4) is 0 Å². The van der Waals surface area contributed by atoms with Crippen molar-refractivity contribution in [1.82, 2.24) is 4.98 Å². The summed E-state index contributed by atoms with van der Waals surface area (Å²) < 4.78 is 66.0. The number of thiazole rings is 1. The van der Waals surface area contributed by atoms with Crippen LogP contribution < -0.4 is 4.72 Å². The summed E-state index contributed by atoms with van der Waals surface area (Å²) in [5.41, 5.74) is -0.122. The molecule has 22 heavy (non-hydrogen) atoms. The molecule has 0 atom stereocenters. The maximum atomic E-state index is 13.5. The smallest absolute Gasteiger partial charge is 0.255 e. The molecule has 0 saturated carbocycles. The van der Waals surface area contributed by atoms with Gasteiger partial charge in [0.25, 0.3) is 10.0 Å². The molecule has 0 aliphatic carbocycles. The lowest BCUT2D eigenvalue weighted by Gasteiger charge is -2.04. The van der Waals surface area contributed by atoms with E-state index < -0.39 is 27.5 Å². The quantitative estimate of drug-likeness (QED) is 0.791. The van der Waals surface area contributed by atoms with Gasteiger partial charge >= 0.3 is 0 Å². The zero-order valence-electron chi connectivity index (χ0n) is 10.7. The van der Waals surface area contributed by atoms with Crippen molar-refractivity contribution in [2.24, 2.45) is 0 Å². The Morgan fingerprint density at radius 1 is 1.00 bits per heavy atom. The molecule has 0 radical (unpaired) electrons. The van der Waals surface area contributed by atoms with E-state index >= 15 is 0 Å². The number of sulfonamides is 1. The SMILES string of the molecule is O=S(=O)(Nc1nc2c(F)cc(F)cc2s1)c1ccc(F)cc1. The van der Waals surface area contributed by atoms with Crippen molar-refractivity contribution in [2.75, 3.05) is 4.72 Å². The molecular weight excluding hydrogens is 337 g/mol. The summed E-state index contributed by atoms with van der Waals surface area (Å²) in [6.07, 6.45) is 0. The van der Waals surface area contributed by atoms with Gasteiger partial charge in [-0.3, -0.25) is 4.72 Å². The van der Waals surface area contributed by atoms with Gasteiger partial charge in [0.2, 0.25) is 0 Å². The Hall–Kier alpha value is -2.13. The number of anilines is 1. The summed E-state index contributed by atoms with van der Waals surface area (Å²) in [5, 5.41) is -0.108. The molecule has 0 bridgehead atoms. The molecule has 0 aliphatic rings. The van der Waals surface area contributed by atoms with Gasteiger partial charge < -0.3 is 0 Å². The molecule has 0 fully saturated rings. The average Bonchev–Trinajstić information content (AvgIpc) is 2.81.